The molecule has 0 aliphatic heterocycles. The molecule has 0 aliphatic carbocycles. The highest BCUT2D eigenvalue weighted by atomic mass is 33.1. The standard InChI is InChI=1S/C29H47N3O7S2/c1-24(2)8-6-15-35-17-14-31-27(33)11-7-16-36-18-19-37-20-21-38-28(41-40-4)23-39-26-10-5-9-25(22-26)29(34)32-13-12-30-3/h5,9-10,22,24,28,30H,7,11-21,23H2,1-4H3,(H,31,33)(H,32,34)/t28-/m0/s1. The van der Waals surface area contributed by atoms with Crippen molar-refractivity contribution in [1.82, 2.24) is 16.0 Å². The lowest BCUT2D eigenvalue weighted by atomic mass is 10.2. The number of ether oxygens (including phenoxy) is 5. The van der Waals surface area contributed by atoms with Crippen LogP contribution in [0.4, 0.5) is 0 Å². The molecule has 3 N–H and O–H groups in total. The first-order chi connectivity index (χ1) is 20.0. The molecule has 0 aromatic heterocycles. The normalized spacial score (nSPS) is 11.5. The number of nitrogens with one attached hydrogen (secondary N) is 3. The van der Waals surface area contributed by atoms with E-state index in [1.807, 2.05) is 33.2 Å². The molecule has 1 aromatic rings. The maximum Gasteiger partial charge on any atom is 0.251 e. The van der Waals surface area contributed by atoms with Crippen molar-refractivity contribution >= 4 is 33.4 Å². The molecular formula is C29H47N3O7S2. The van der Waals surface area contributed by atoms with Gasteiger partial charge in [-0.05, 0) is 37.9 Å². The average molecular weight is 614 g/mol. The van der Waals surface area contributed by atoms with Crippen molar-refractivity contribution in [3.05, 3.63) is 29.8 Å². The van der Waals surface area contributed by atoms with Gasteiger partial charge in [-0.25, -0.2) is 0 Å². The second-order valence-corrected chi connectivity index (χ2v) is 11.6. The van der Waals surface area contributed by atoms with Crippen LogP contribution in [0.1, 0.15) is 37.0 Å². The Hall–Kier alpha value is -1.98. The predicted molar refractivity (Wildman–Crippen MR) is 166 cm³/mol. The Kier molecular flexibility index (Phi) is 23.2. The third-order valence-corrected chi connectivity index (χ3v) is 6.98. The topological polar surface area (TPSA) is 116 Å². The lowest BCUT2D eigenvalue weighted by Gasteiger charge is -2.17. The van der Waals surface area contributed by atoms with Crippen LogP contribution in [0.15, 0.2) is 24.3 Å². The van der Waals surface area contributed by atoms with Gasteiger partial charge in [0.05, 0.1) is 33.0 Å². The average Bonchev–Trinajstić information content (AvgIpc) is 2.96. The lowest BCUT2D eigenvalue weighted by Crippen LogP contribution is -2.30. The van der Waals surface area contributed by atoms with Crippen molar-refractivity contribution < 1.29 is 33.3 Å². The highest BCUT2D eigenvalue weighted by molar-refractivity contribution is 8.76. The van der Waals surface area contributed by atoms with Crippen LogP contribution in [-0.2, 0) is 23.7 Å². The van der Waals surface area contributed by atoms with Gasteiger partial charge in [0.25, 0.3) is 5.91 Å². The minimum Gasteiger partial charge on any atom is -0.490 e. The number of carbonyl (C=O) groups is 2. The molecule has 0 radical (unpaired) electrons. The largest absolute Gasteiger partial charge is 0.490 e. The van der Waals surface area contributed by atoms with Gasteiger partial charge in [0.2, 0.25) is 5.91 Å². The van der Waals surface area contributed by atoms with E-state index in [-0.39, 0.29) is 17.3 Å². The van der Waals surface area contributed by atoms with Gasteiger partial charge in [-0.1, -0.05) is 53.3 Å². The number of hydrogen-bond donors (Lipinski definition) is 3. The molecule has 0 bridgehead atoms. The summed E-state index contributed by atoms with van der Waals surface area (Å²) in [6, 6.07) is 7.11. The van der Waals surface area contributed by atoms with Gasteiger partial charge in [0.15, 0.2) is 0 Å². The highest BCUT2D eigenvalue weighted by Gasteiger charge is 2.12. The van der Waals surface area contributed by atoms with Crippen LogP contribution >= 0.6 is 21.6 Å². The molecule has 10 nitrogen and oxygen atoms in total. The van der Waals surface area contributed by atoms with Crippen molar-refractivity contribution in [3.8, 4) is 17.6 Å². The van der Waals surface area contributed by atoms with Gasteiger partial charge in [-0.15, -0.1) is 0 Å². The van der Waals surface area contributed by atoms with Crippen LogP contribution in [0, 0.1) is 17.8 Å². The third kappa shape index (κ3) is 21.4. The number of benzene rings is 1. The summed E-state index contributed by atoms with van der Waals surface area (Å²) in [7, 11) is 5.00. The van der Waals surface area contributed by atoms with E-state index in [1.165, 1.54) is 0 Å². The van der Waals surface area contributed by atoms with Crippen LogP contribution in [0.2, 0.25) is 0 Å². The molecule has 232 valence electrons. The van der Waals surface area contributed by atoms with E-state index < -0.39 is 0 Å². The maximum absolute atomic E-state index is 12.3. The zero-order chi connectivity index (χ0) is 30.0. The van der Waals surface area contributed by atoms with Gasteiger partial charge in [-0.3, -0.25) is 9.59 Å². The summed E-state index contributed by atoms with van der Waals surface area (Å²) in [5.41, 5.74) is 0.367. The highest BCUT2D eigenvalue weighted by Crippen LogP contribution is 2.25. The molecule has 0 unspecified atom stereocenters. The first-order valence-corrected chi connectivity index (χ1v) is 16.5. The molecule has 0 saturated carbocycles. The smallest absolute Gasteiger partial charge is 0.251 e. The van der Waals surface area contributed by atoms with Crippen molar-refractivity contribution in [2.45, 2.75) is 32.1 Å². The van der Waals surface area contributed by atoms with Crippen LogP contribution < -0.4 is 20.7 Å². The maximum atomic E-state index is 12.3. The predicted octanol–water partition coefficient (Wildman–Crippen LogP) is 2.97. The summed E-state index contributed by atoms with van der Waals surface area (Å²) in [6.45, 7) is 9.23. The number of likely N-dealkylation sites (N-methyl/N-ethyl adjacent to an activating group) is 1. The summed E-state index contributed by atoms with van der Waals surface area (Å²) >= 11 is 0. The Morgan fingerprint density at radius 2 is 1.73 bits per heavy atom. The SMILES string of the molecule is CNCCNC(=O)c1cccc(OC[C@@H](OCCOCCOCCCC(=O)NCCOCC#CC(C)C)SSC)c1. The fraction of sp³-hybridized carbons (Fsp3) is 0.655. The Balaban J connectivity index is 2.07. The Bertz CT molecular complexity index is 897. The second kappa shape index (κ2) is 25.7. The Labute approximate surface area is 253 Å². The molecule has 12 heteroatoms. The molecule has 1 atom stereocenters. The third-order valence-electron chi connectivity index (χ3n) is 5.08. The molecule has 1 rings (SSSR count). The van der Waals surface area contributed by atoms with Crippen molar-refractivity contribution in [2.24, 2.45) is 5.92 Å². The van der Waals surface area contributed by atoms with Crippen LogP contribution in [-0.4, -0.2) is 103 Å². The Morgan fingerprint density at radius 1 is 0.951 bits per heavy atom. The Morgan fingerprint density at radius 3 is 2.49 bits per heavy atom. The molecule has 0 fully saturated rings. The zero-order valence-corrected chi connectivity index (χ0v) is 26.5. The van der Waals surface area contributed by atoms with Gasteiger partial charge in [0.1, 0.15) is 24.4 Å². The summed E-state index contributed by atoms with van der Waals surface area (Å²) in [5, 5.41) is 8.67. The van der Waals surface area contributed by atoms with Crippen molar-refractivity contribution in [2.75, 3.05) is 85.8 Å². The zero-order valence-electron chi connectivity index (χ0n) is 24.8. The van der Waals surface area contributed by atoms with Crippen molar-refractivity contribution in [1.29, 1.82) is 0 Å². The minimum atomic E-state index is -0.186. The summed E-state index contributed by atoms with van der Waals surface area (Å²) < 4.78 is 28.2. The summed E-state index contributed by atoms with van der Waals surface area (Å²) in [4.78, 5) is 24.1. The first-order valence-electron chi connectivity index (χ1n) is 13.9. The number of amides is 2. The molecule has 1 aromatic carbocycles. The summed E-state index contributed by atoms with van der Waals surface area (Å²) in [5.74, 6) is 6.76. The lowest BCUT2D eigenvalue weighted by molar-refractivity contribution is -0.121. The first kappa shape index (κ1) is 37.0. The molecule has 0 spiro atoms. The molecule has 0 heterocycles. The molecule has 41 heavy (non-hydrogen) atoms. The van der Waals surface area contributed by atoms with Crippen LogP contribution in [0.25, 0.3) is 0 Å². The van der Waals surface area contributed by atoms with Gasteiger partial charge >= 0.3 is 0 Å². The van der Waals surface area contributed by atoms with E-state index in [0.717, 1.165) is 0 Å². The van der Waals surface area contributed by atoms with E-state index in [4.69, 9.17) is 23.7 Å². The molecule has 2 amide bonds. The molecule has 0 aliphatic rings. The number of rotatable bonds is 24. The fourth-order valence-corrected chi connectivity index (χ4v) is 4.59. The van der Waals surface area contributed by atoms with Crippen molar-refractivity contribution in [3.63, 3.8) is 0 Å². The van der Waals surface area contributed by atoms with Crippen LogP contribution in [0.3, 0.4) is 0 Å². The second-order valence-electron chi connectivity index (χ2n) is 8.97. The van der Waals surface area contributed by atoms with E-state index in [0.29, 0.717) is 103 Å². The number of hydrogen-bond acceptors (Lipinski definition) is 10. The fourth-order valence-electron chi connectivity index (χ4n) is 3.12. The van der Waals surface area contributed by atoms with Crippen LogP contribution in [0.5, 0.6) is 5.75 Å². The summed E-state index contributed by atoms with van der Waals surface area (Å²) in [6.07, 6.45) is 3.04. The quantitative estimate of drug-likeness (QED) is 0.0696. The number of carbonyl (C=O) groups excluding carboxylic acids is 2. The van der Waals surface area contributed by atoms with Gasteiger partial charge in [-0.2, -0.15) is 0 Å². The monoisotopic (exact) mass is 613 g/mol. The van der Waals surface area contributed by atoms with E-state index >= 15 is 0 Å². The van der Waals surface area contributed by atoms with E-state index in [9.17, 15) is 9.59 Å². The van der Waals surface area contributed by atoms with Gasteiger partial charge in [0, 0.05) is 44.1 Å². The van der Waals surface area contributed by atoms with E-state index in [2.05, 4.69) is 27.8 Å². The van der Waals surface area contributed by atoms with E-state index in [1.54, 1.807) is 39.8 Å². The minimum absolute atomic E-state index is 0.0149. The van der Waals surface area contributed by atoms with Gasteiger partial charge < -0.3 is 39.6 Å². The molecule has 0 saturated heterocycles. The molecular weight excluding hydrogens is 566 g/mol.